The first-order chi connectivity index (χ1) is 40.5. The summed E-state index contributed by atoms with van der Waals surface area (Å²) in [7, 11) is 0. The molecule has 0 aliphatic carbocycles. The van der Waals surface area contributed by atoms with Crippen molar-refractivity contribution in [2.75, 3.05) is 13.2 Å². The van der Waals surface area contributed by atoms with Crippen molar-refractivity contribution >= 4 is 17.9 Å². The van der Waals surface area contributed by atoms with Gasteiger partial charge in [0.2, 0.25) is 0 Å². The van der Waals surface area contributed by atoms with Crippen LogP contribution in [0.4, 0.5) is 0 Å². The van der Waals surface area contributed by atoms with Crippen LogP contribution in [0.5, 0.6) is 0 Å². The number of allylic oxidation sites excluding steroid dienone is 8. The number of unbranched alkanes of at least 4 members (excludes halogenated alkanes) is 49. The molecule has 1 atom stereocenters. The lowest BCUT2D eigenvalue weighted by molar-refractivity contribution is -0.167. The summed E-state index contributed by atoms with van der Waals surface area (Å²) in [5, 5.41) is 0. The van der Waals surface area contributed by atoms with E-state index in [0.29, 0.717) is 19.3 Å². The van der Waals surface area contributed by atoms with Crippen LogP contribution < -0.4 is 0 Å². The van der Waals surface area contributed by atoms with Crippen molar-refractivity contribution < 1.29 is 28.6 Å². The zero-order chi connectivity index (χ0) is 59.2. The minimum atomic E-state index is -0.783. The third kappa shape index (κ3) is 68.2. The molecule has 0 aromatic rings. The molecule has 0 bridgehead atoms. The fourth-order valence-electron chi connectivity index (χ4n) is 11.0. The average molecular weight is 1150 g/mol. The van der Waals surface area contributed by atoms with Crippen LogP contribution in [0.3, 0.4) is 0 Å². The molecule has 0 aromatic carbocycles. The van der Waals surface area contributed by atoms with E-state index in [1.165, 1.54) is 276 Å². The maximum Gasteiger partial charge on any atom is 0.306 e. The fraction of sp³-hybridized carbons (Fsp3) is 0.855. The van der Waals surface area contributed by atoms with Gasteiger partial charge in [0.1, 0.15) is 13.2 Å². The molecule has 0 aromatic heterocycles. The molecular formula is C76H140O6. The standard InChI is InChI=1S/C76H140O6/c1-4-7-10-13-16-19-22-25-27-29-31-33-34-35-36-37-38-39-40-41-42-44-45-47-49-51-54-57-60-63-66-69-75(78)81-72-73(71-80-74(77)68-65-62-59-56-53-24-21-18-15-12-9-6-3)82-76(79)70-67-64-61-58-55-52-50-48-46-43-32-30-28-26-23-20-17-14-11-8-5-2/h18,21,23,26,30,32,46,48,73H,4-17,19-20,22,24-25,27-29,31,33-45,47,49-72H2,1-3H3/b21-18-,26-23-,32-30-,48-46-. The summed E-state index contributed by atoms with van der Waals surface area (Å²) in [4.78, 5) is 38.4. The van der Waals surface area contributed by atoms with Gasteiger partial charge < -0.3 is 14.2 Å². The first-order valence-corrected chi connectivity index (χ1v) is 36.6. The van der Waals surface area contributed by atoms with Crippen molar-refractivity contribution in [2.45, 2.75) is 406 Å². The van der Waals surface area contributed by atoms with E-state index in [2.05, 4.69) is 69.4 Å². The van der Waals surface area contributed by atoms with E-state index in [4.69, 9.17) is 14.2 Å². The highest BCUT2D eigenvalue weighted by atomic mass is 16.6. The number of hydrogen-bond donors (Lipinski definition) is 0. The molecule has 6 heteroatoms. The Morgan fingerprint density at radius 2 is 0.439 bits per heavy atom. The predicted molar refractivity (Wildman–Crippen MR) is 358 cm³/mol. The molecule has 82 heavy (non-hydrogen) atoms. The van der Waals surface area contributed by atoms with Crippen molar-refractivity contribution in [2.24, 2.45) is 0 Å². The summed E-state index contributed by atoms with van der Waals surface area (Å²) in [6.07, 6.45) is 90.2. The molecule has 0 spiro atoms. The van der Waals surface area contributed by atoms with E-state index in [-0.39, 0.29) is 31.1 Å². The maximum atomic E-state index is 12.9. The summed E-state index contributed by atoms with van der Waals surface area (Å²) < 4.78 is 17.0. The van der Waals surface area contributed by atoms with Crippen molar-refractivity contribution in [3.63, 3.8) is 0 Å². The molecule has 0 heterocycles. The summed E-state index contributed by atoms with van der Waals surface area (Å²) in [5.74, 6) is -0.876. The third-order valence-corrected chi connectivity index (χ3v) is 16.6. The number of esters is 3. The zero-order valence-electron chi connectivity index (χ0n) is 55.3. The number of carbonyl (C=O) groups is 3. The second kappa shape index (κ2) is 70.9. The van der Waals surface area contributed by atoms with Gasteiger partial charge in [-0.2, -0.15) is 0 Å². The minimum Gasteiger partial charge on any atom is -0.462 e. The van der Waals surface area contributed by atoms with Crippen LogP contribution >= 0.6 is 0 Å². The molecule has 0 aliphatic heterocycles. The van der Waals surface area contributed by atoms with Gasteiger partial charge >= 0.3 is 17.9 Å². The highest BCUT2D eigenvalue weighted by molar-refractivity contribution is 5.71. The molecule has 0 aliphatic rings. The van der Waals surface area contributed by atoms with E-state index in [9.17, 15) is 14.4 Å². The predicted octanol–water partition coefficient (Wildman–Crippen LogP) is 25.3. The van der Waals surface area contributed by atoms with E-state index >= 15 is 0 Å². The Morgan fingerprint density at radius 1 is 0.244 bits per heavy atom. The fourth-order valence-corrected chi connectivity index (χ4v) is 11.0. The normalized spacial score (nSPS) is 12.3. The number of ether oxygens (including phenoxy) is 3. The molecule has 1 unspecified atom stereocenters. The number of hydrogen-bond acceptors (Lipinski definition) is 6. The Balaban J connectivity index is 4.16. The van der Waals surface area contributed by atoms with Gasteiger partial charge in [-0.3, -0.25) is 14.4 Å². The smallest absolute Gasteiger partial charge is 0.306 e. The van der Waals surface area contributed by atoms with Crippen LogP contribution in [-0.4, -0.2) is 37.2 Å². The first kappa shape index (κ1) is 79.4. The quantitative estimate of drug-likeness (QED) is 0.0261. The van der Waals surface area contributed by atoms with Gasteiger partial charge in [0.05, 0.1) is 0 Å². The SMILES string of the molecule is CCCCC/C=C\CCCCCCCC(=O)OCC(COC(=O)CCCCCCCCCCCCCCCCCCCCCCCCCCCCCCCCC)OC(=O)CCCCCCCC/C=C\C/C=C\C/C=C\CCCCCCC. The lowest BCUT2D eigenvalue weighted by Gasteiger charge is -2.18. The summed E-state index contributed by atoms with van der Waals surface area (Å²) in [6.45, 7) is 6.65. The van der Waals surface area contributed by atoms with Gasteiger partial charge in [-0.05, 0) is 83.5 Å². The van der Waals surface area contributed by atoms with Gasteiger partial charge in [0.15, 0.2) is 6.10 Å². The van der Waals surface area contributed by atoms with Crippen molar-refractivity contribution in [3.8, 4) is 0 Å². The van der Waals surface area contributed by atoms with Gasteiger partial charge in [0, 0.05) is 19.3 Å². The number of rotatable bonds is 68. The molecule has 0 saturated heterocycles. The molecule has 0 N–H and O–H groups in total. The molecule has 6 nitrogen and oxygen atoms in total. The van der Waals surface area contributed by atoms with Crippen LogP contribution in [-0.2, 0) is 28.6 Å². The van der Waals surface area contributed by atoms with Gasteiger partial charge in [-0.15, -0.1) is 0 Å². The van der Waals surface area contributed by atoms with Crippen LogP contribution in [0.15, 0.2) is 48.6 Å². The second-order valence-electron chi connectivity index (χ2n) is 24.9. The average Bonchev–Trinajstić information content (AvgIpc) is 3.47. The molecule has 0 fully saturated rings. The zero-order valence-corrected chi connectivity index (χ0v) is 55.3. The van der Waals surface area contributed by atoms with Crippen LogP contribution in [0.25, 0.3) is 0 Å². The Hall–Kier alpha value is -2.63. The molecule has 0 amide bonds. The molecular weight excluding hydrogens is 1010 g/mol. The first-order valence-electron chi connectivity index (χ1n) is 36.6. The highest BCUT2D eigenvalue weighted by Gasteiger charge is 2.19. The van der Waals surface area contributed by atoms with Crippen molar-refractivity contribution in [3.05, 3.63) is 48.6 Å². The maximum absolute atomic E-state index is 12.9. The molecule has 0 radical (unpaired) electrons. The lowest BCUT2D eigenvalue weighted by atomic mass is 10.0. The van der Waals surface area contributed by atoms with Crippen molar-refractivity contribution in [1.29, 1.82) is 0 Å². The number of carbonyl (C=O) groups excluding carboxylic acids is 3. The highest BCUT2D eigenvalue weighted by Crippen LogP contribution is 2.19. The Morgan fingerprint density at radius 3 is 0.720 bits per heavy atom. The third-order valence-electron chi connectivity index (χ3n) is 16.6. The summed E-state index contributed by atoms with van der Waals surface area (Å²) in [5.41, 5.74) is 0. The largest absolute Gasteiger partial charge is 0.462 e. The van der Waals surface area contributed by atoms with Crippen LogP contribution in [0.2, 0.25) is 0 Å². The summed E-state index contributed by atoms with van der Waals surface area (Å²) >= 11 is 0. The molecule has 480 valence electrons. The lowest BCUT2D eigenvalue weighted by Crippen LogP contribution is -2.30. The Labute approximate surface area is 511 Å². The van der Waals surface area contributed by atoms with E-state index < -0.39 is 6.10 Å². The Kier molecular flexibility index (Phi) is 68.6. The van der Waals surface area contributed by atoms with Gasteiger partial charge in [-0.25, -0.2) is 0 Å². The van der Waals surface area contributed by atoms with Gasteiger partial charge in [-0.1, -0.05) is 345 Å². The Bertz CT molecular complexity index is 1410. The van der Waals surface area contributed by atoms with E-state index in [1.807, 2.05) is 0 Å². The van der Waals surface area contributed by atoms with Gasteiger partial charge in [0.25, 0.3) is 0 Å². The monoisotopic (exact) mass is 1150 g/mol. The second-order valence-corrected chi connectivity index (χ2v) is 24.9. The minimum absolute atomic E-state index is 0.0775. The topological polar surface area (TPSA) is 78.9 Å². The van der Waals surface area contributed by atoms with Crippen LogP contribution in [0, 0.1) is 0 Å². The van der Waals surface area contributed by atoms with E-state index in [0.717, 1.165) is 83.5 Å². The summed E-state index contributed by atoms with van der Waals surface area (Å²) in [6, 6.07) is 0. The van der Waals surface area contributed by atoms with Crippen LogP contribution in [0.1, 0.15) is 400 Å². The molecule has 0 saturated carbocycles. The van der Waals surface area contributed by atoms with E-state index in [1.54, 1.807) is 0 Å². The molecule has 0 rings (SSSR count). The van der Waals surface area contributed by atoms with Crippen molar-refractivity contribution in [1.82, 2.24) is 0 Å².